The van der Waals surface area contributed by atoms with E-state index in [1.54, 1.807) is 0 Å². The molecule has 1 unspecified atom stereocenters. The lowest BCUT2D eigenvalue weighted by molar-refractivity contribution is 0.0946. The van der Waals surface area contributed by atoms with E-state index in [4.69, 9.17) is 5.11 Å². The van der Waals surface area contributed by atoms with Gasteiger partial charge in [-0.05, 0) is 24.8 Å². The van der Waals surface area contributed by atoms with Gasteiger partial charge in [-0.15, -0.1) is 0 Å². The smallest absolute Gasteiger partial charge is 0.271 e. The van der Waals surface area contributed by atoms with Gasteiger partial charge in [-0.2, -0.15) is 5.10 Å². The zero-order valence-corrected chi connectivity index (χ0v) is 9.77. The number of aliphatic hydroxyl groups excluding tert-OH is 1. The van der Waals surface area contributed by atoms with Crippen LogP contribution in [0.5, 0.6) is 0 Å². The topological polar surface area (TPSA) is 95.1 Å². The molecule has 0 bridgehead atoms. The SMILES string of the molecule is CC(CO)CCCNC(=O)c1ccc(=O)[nH]n1. The van der Waals surface area contributed by atoms with Crippen molar-refractivity contribution in [1.82, 2.24) is 15.5 Å². The molecule has 1 rings (SSSR count). The number of carbonyl (C=O) groups is 1. The summed E-state index contributed by atoms with van der Waals surface area (Å²) in [6.45, 7) is 2.64. The van der Waals surface area contributed by atoms with E-state index in [1.807, 2.05) is 6.92 Å². The van der Waals surface area contributed by atoms with Crippen molar-refractivity contribution in [3.8, 4) is 0 Å². The van der Waals surface area contributed by atoms with Crippen molar-refractivity contribution < 1.29 is 9.90 Å². The molecule has 94 valence electrons. The normalized spacial score (nSPS) is 12.1. The highest BCUT2D eigenvalue weighted by atomic mass is 16.3. The number of amides is 1. The Kier molecular flexibility index (Phi) is 5.35. The summed E-state index contributed by atoms with van der Waals surface area (Å²) in [6, 6.07) is 2.64. The molecule has 0 spiro atoms. The third-order valence-corrected chi connectivity index (χ3v) is 2.38. The number of nitrogens with zero attached hydrogens (tertiary/aromatic N) is 1. The second kappa shape index (κ2) is 6.80. The largest absolute Gasteiger partial charge is 0.396 e. The first-order valence-electron chi connectivity index (χ1n) is 5.58. The molecule has 1 amide bonds. The van der Waals surface area contributed by atoms with Crippen LogP contribution < -0.4 is 10.9 Å². The Morgan fingerprint density at radius 3 is 2.94 bits per heavy atom. The van der Waals surface area contributed by atoms with E-state index >= 15 is 0 Å². The second-order valence-corrected chi connectivity index (χ2v) is 3.99. The number of aliphatic hydroxyl groups is 1. The number of aromatic nitrogens is 2. The van der Waals surface area contributed by atoms with Crippen LogP contribution in [0.15, 0.2) is 16.9 Å². The molecule has 0 fully saturated rings. The van der Waals surface area contributed by atoms with E-state index in [0.717, 1.165) is 12.8 Å². The van der Waals surface area contributed by atoms with E-state index in [0.29, 0.717) is 6.54 Å². The van der Waals surface area contributed by atoms with Crippen molar-refractivity contribution >= 4 is 5.91 Å². The van der Waals surface area contributed by atoms with Gasteiger partial charge in [0.2, 0.25) is 0 Å². The van der Waals surface area contributed by atoms with Gasteiger partial charge in [0, 0.05) is 19.2 Å². The zero-order valence-electron chi connectivity index (χ0n) is 9.77. The third-order valence-electron chi connectivity index (χ3n) is 2.38. The van der Waals surface area contributed by atoms with Crippen molar-refractivity contribution in [3.63, 3.8) is 0 Å². The van der Waals surface area contributed by atoms with E-state index in [-0.39, 0.29) is 29.7 Å². The van der Waals surface area contributed by atoms with Crippen molar-refractivity contribution in [1.29, 1.82) is 0 Å². The summed E-state index contributed by atoms with van der Waals surface area (Å²) in [7, 11) is 0. The van der Waals surface area contributed by atoms with Crippen LogP contribution >= 0.6 is 0 Å². The predicted octanol–water partition coefficient (Wildman–Crippen LogP) is -0.0917. The van der Waals surface area contributed by atoms with E-state index in [1.165, 1.54) is 12.1 Å². The maximum absolute atomic E-state index is 11.5. The summed E-state index contributed by atoms with van der Waals surface area (Å²) in [6.07, 6.45) is 1.66. The number of carbonyl (C=O) groups excluding carboxylic acids is 1. The molecule has 17 heavy (non-hydrogen) atoms. The molecule has 0 saturated carbocycles. The van der Waals surface area contributed by atoms with Crippen molar-refractivity contribution in [2.45, 2.75) is 19.8 Å². The highest BCUT2D eigenvalue weighted by molar-refractivity contribution is 5.91. The van der Waals surface area contributed by atoms with E-state index in [9.17, 15) is 9.59 Å². The van der Waals surface area contributed by atoms with Gasteiger partial charge >= 0.3 is 0 Å². The third kappa shape index (κ3) is 4.78. The Morgan fingerprint density at radius 2 is 2.35 bits per heavy atom. The highest BCUT2D eigenvalue weighted by Crippen LogP contribution is 2.02. The van der Waals surface area contributed by atoms with Gasteiger partial charge in [0.1, 0.15) is 5.69 Å². The fourth-order valence-corrected chi connectivity index (χ4v) is 1.31. The minimum Gasteiger partial charge on any atom is -0.396 e. The summed E-state index contributed by atoms with van der Waals surface area (Å²) in [4.78, 5) is 22.3. The lowest BCUT2D eigenvalue weighted by Gasteiger charge is -2.07. The molecule has 0 aromatic carbocycles. The first-order chi connectivity index (χ1) is 8.13. The van der Waals surface area contributed by atoms with Crippen LogP contribution in [0, 0.1) is 5.92 Å². The predicted molar refractivity (Wildman–Crippen MR) is 62.7 cm³/mol. The number of rotatable bonds is 6. The van der Waals surface area contributed by atoms with Gasteiger partial charge in [0.25, 0.3) is 11.5 Å². The molecule has 0 radical (unpaired) electrons. The monoisotopic (exact) mass is 239 g/mol. The number of hydrogen-bond donors (Lipinski definition) is 3. The van der Waals surface area contributed by atoms with Gasteiger partial charge in [-0.3, -0.25) is 9.59 Å². The Hall–Kier alpha value is -1.69. The molecule has 0 aliphatic carbocycles. The number of aromatic amines is 1. The quantitative estimate of drug-likeness (QED) is 0.604. The Labute approximate surface area is 99.1 Å². The van der Waals surface area contributed by atoms with Gasteiger partial charge in [-0.25, -0.2) is 5.10 Å². The van der Waals surface area contributed by atoms with Crippen LogP contribution in [0.2, 0.25) is 0 Å². The van der Waals surface area contributed by atoms with Crippen molar-refractivity contribution in [2.24, 2.45) is 5.92 Å². The number of H-pyrrole nitrogens is 1. The summed E-state index contributed by atoms with van der Waals surface area (Å²) >= 11 is 0. The number of nitrogens with one attached hydrogen (secondary N) is 2. The summed E-state index contributed by atoms with van der Waals surface area (Å²) in [5.74, 6) is -0.0593. The van der Waals surface area contributed by atoms with Gasteiger partial charge < -0.3 is 10.4 Å². The van der Waals surface area contributed by atoms with Gasteiger partial charge in [-0.1, -0.05) is 6.92 Å². The average molecular weight is 239 g/mol. The first kappa shape index (κ1) is 13.4. The van der Waals surface area contributed by atoms with Crippen LogP contribution in [0.4, 0.5) is 0 Å². The molecule has 6 nitrogen and oxygen atoms in total. The molecule has 6 heteroatoms. The summed E-state index contributed by atoms with van der Waals surface area (Å²) < 4.78 is 0. The molecule has 0 saturated heterocycles. The van der Waals surface area contributed by atoms with Crippen LogP contribution in [0.1, 0.15) is 30.3 Å². The molecule has 1 aromatic heterocycles. The lowest BCUT2D eigenvalue weighted by Crippen LogP contribution is -2.27. The molecular weight excluding hydrogens is 222 g/mol. The summed E-state index contributed by atoms with van der Waals surface area (Å²) in [5.41, 5.74) is -0.141. The van der Waals surface area contributed by atoms with Crippen LogP contribution in [0.25, 0.3) is 0 Å². The minimum absolute atomic E-state index is 0.162. The minimum atomic E-state index is -0.335. The van der Waals surface area contributed by atoms with Crippen LogP contribution in [-0.2, 0) is 0 Å². The van der Waals surface area contributed by atoms with Crippen molar-refractivity contribution in [3.05, 3.63) is 28.2 Å². The van der Waals surface area contributed by atoms with Crippen molar-refractivity contribution in [2.75, 3.05) is 13.2 Å². The maximum Gasteiger partial charge on any atom is 0.271 e. The fraction of sp³-hybridized carbons (Fsp3) is 0.545. The molecule has 1 atom stereocenters. The maximum atomic E-state index is 11.5. The van der Waals surface area contributed by atoms with Gasteiger partial charge in [0.05, 0.1) is 0 Å². The summed E-state index contributed by atoms with van der Waals surface area (Å²) in [5, 5.41) is 17.3. The molecule has 1 heterocycles. The Bertz CT molecular complexity index is 396. The Morgan fingerprint density at radius 1 is 1.59 bits per heavy atom. The Balaban J connectivity index is 2.30. The zero-order chi connectivity index (χ0) is 12.7. The molecule has 1 aromatic rings. The first-order valence-corrected chi connectivity index (χ1v) is 5.58. The van der Waals surface area contributed by atoms with E-state index < -0.39 is 0 Å². The van der Waals surface area contributed by atoms with E-state index in [2.05, 4.69) is 15.5 Å². The molecular formula is C11H17N3O3. The average Bonchev–Trinajstić information content (AvgIpc) is 2.34. The fourth-order valence-electron chi connectivity index (χ4n) is 1.31. The lowest BCUT2D eigenvalue weighted by atomic mass is 10.1. The number of hydrogen-bond acceptors (Lipinski definition) is 4. The van der Waals surface area contributed by atoms with Crippen LogP contribution in [-0.4, -0.2) is 34.4 Å². The standard InChI is InChI=1S/C11H17N3O3/c1-8(7-15)3-2-6-12-11(17)9-4-5-10(16)14-13-9/h4-5,8,15H,2-3,6-7H2,1H3,(H,12,17)(H,14,16). The molecule has 3 N–H and O–H groups in total. The van der Waals surface area contributed by atoms with Crippen LogP contribution in [0.3, 0.4) is 0 Å². The molecule has 0 aliphatic heterocycles. The highest BCUT2D eigenvalue weighted by Gasteiger charge is 2.06. The second-order valence-electron chi connectivity index (χ2n) is 3.99. The van der Waals surface area contributed by atoms with Gasteiger partial charge in [0.15, 0.2) is 0 Å². The molecule has 0 aliphatic rings.